The molecule has 1 aromatic heterocycles. The van der Waals surface area contributed by atoms with Crippen LogP contribution < -0.4 is 14.8 Å². The van der Waals surface area contributed by atoms with Gasteiger partial charge in [-0.05, 0) is 55.3 Å². The highest BCUT2D eigenvalue weighted by Gasteiger charge is 2.28. The minimum Gasteiger partial charge on any atom is -0.493 e. The fraction of sp³-hybridized carbons (Fsp3) is 0.192. The van der Waals surface area contributed by atoms with Crippen LogP contribution in [-0.4, -0.2) is 16.9 Å². The second-order valence-corrected chi connectivity index (χ2v) is 8.90. The molecule has 2 heterocycles. The number of benzene rings is 3. The number of fused-ring (bicyclic) bond motifs is 3. The zero-order valence-corrected chi connectivity index (χ0v) is 19.8. The van der Waals surface area contributed by atoms with Gasteiger partial charge in [-0.3, -0.25) is 0 Å². The van der Waals surface area contributed by atoms with Gasteiger partial charge in [-0.15, -0.1) is 0 Å². The molecule has 1 aliphatic heterocycles. The Kier molecular flexibility index (Phi) is 5.39. The van der Waals surface area contributed by atoms with Gasteiger partial charge in [0.05, 0.1) is 18.5 Å². The van der Waals surface area contributed by atoms with Crippen molar-refractivity contribution in [1.82, 2.24) is 9.78 Å². The van der Waals surface area contributed by atoms with E-state index in [1.165, 1.54) is 11.1 Å². The first-order chi connectivity index (χ1) is 15.5. The lowest BCUT2D eigenvalue weighted by Gasteiger charge is -2.30. The van der Waals surface area contributed by atoms with Crippen LogP contribution in [-0.2, 0) is 6.61 Å². The quantitative estimate of drug-likeness (QED) is 0.348. The van der Waals surface area contributed by atoms with Crippen molar-refractivity contribution in [3.63, 3.8) is 0 Å². The maximum atomic E-state index is 6.06. The van der Waals surface area contributed by atoms with Crippen molar-refractivity contribution < 1.29 is 9.47 Å². The topological polar surface area (TPSA) is 48.3 Å². The molecule has 0 fully saturated rings. The molecular formula is C26H24BrN3O2. The zero-order valence-electron chi connectivity index (χ0n) is 18.2. The zero-order chi connectivity index (χ0) is 22.2. The van der Waals surface area contributed by atoms with E-state index in [1.807, 2.05) is 48.0 Å². The SMILES string of the molecule is COc1cc(C2Nc3c(C)cccc3-c3cc(C)nn32)ccc1OCc1ccc(Br)cc1. The molecule has 0 spiro atoms. The highest BCUT2D eigenvalue weighted by Crippen LogP contribution is 2.41. The molecule has 0 saturated carbocycles. The van der Waals surface area contributed by atoms with E-state index in [2.05, 4.69) is 58.5 Å². The molecule has 0 bridgehead atoms. The van der Waals surface area contributed by atoms with Gasteiger partial charge in [0.2, 0.25) is 0 Å². The Morgan fingerprint density at radius 1 is 1.00 bits per heavy atom. The molecule has 3 aromatic carbocycles. The number of rotatable bonds is 5. The maximum Gasteiger partial charge on any atom is 0.161 e. The molecule has 1 atom stereocenters. The fourth-order valence-corrected chi connectivity index (χ4v) is 4.39. The van der Waals surface area contributed by atoms with E-state index < -0.39 is 0 Å². The third-order valence-corrected chi connectivity index (χ3v) is 6.27. The van der Waals surface area contributed by atoms with Crippen LogP contribution in [0.5, 0.6) is 11.5 Å². The molecule has 0 aliphatic carbocycles. The molecule has 6 heteroatoms. The summed E-state index contributed by atoms with van der Waals surface area (Å²) in [6.45, 7) is 4.62. The molecule has 0 saturated heterocycles. The summed E-state index contributed by atoms with van der Waals surface area (Å²) < 4.78 is 14.8. The number of halogens is 1. The molecule has 32 heavy (non-hydrogen) atoms. The minimum absolute atomic E-state index is 0.137. The number of methoxy groups -OCH3 is 1. The van der Waals surface area contributed by atoms with Crippen LogP contribution in [0.3, 0.4) is 0 Å². The smallest absolute Gasteiger partial charge is 0.161 e. The molecular weight excluding hydrogens is 466 g/mol. The second kappa shape index (κ2) is 8.36. The van der Waals surface area contributed by atoms with E-state index in [9.17, 15) is 0 Å². The van der Waals surface area contributed by atoms with Gasteiger partial charge in [0, 0.05) is 21.3 Å². The molecule has 1 N–H and O–H groups in total. The highest BCUT2D eigenvalue weighted by molar-refractivity contribution is 9.10. The van der Waals surface area contributed by atoms with Gasteiger partial charge < -0.3 is 14.8 Å². The van der Waals surface area contributed by atoms with E-state index in [0.717, 1.165) is 32.7 Å². The first-order valence-electron chi connectivity index (χ1n) is 10.5. The van der Waals surface area contributed by atoms with Gasteiger partial charge in [-0.2, -0.15) is 5.10 Å². The van der Waals surface area contributed by atoms with Gasteiger partial charge in [0.1, 0.15) is 12.8 Å². The summed E-state index contributed by atoms with van der Waals surface area (Å²) in [7, 11) is 1.67. The molecule has 4 aromatic rings. The normalized spacial score (nSPS) is 14.3. The minimum atomic E-state index is -0.137. The number of anilines is 1. The molecule has 0 amide bonds. The van der Waals surface area contributed by atoms with Crippen LogP contribution in [0.1, 0.15) is 28.6 Å². The average Bonchev–Trinajstić information content (AvgIpc) is 3.20. The number of para-hydroxylation sites is 1. The number of ether oxygens (including phenoxy) is 2. The fourth-order valence-electron chi connectivity index (χ4n) is 4.13. The predicted molar refractivity (Wildman–Crippen MR) is 130 cm³/mol. The van der Waals surface area contributed by atoms with Gasteiger partial charge in [-0.25, -0.2) is 4.68 Å². The van der Waals surface area contributed by atoms with E-state index in [0.29, 0.717) is 18.1 Å². The molecule has 0 radical (unpaired) electrons. The molecule has 1 unspecified atom stereocenters. The summed E-state index contributed by atoms with van der Waals surface area (Å²) in [5.41, 5.74) is 7.76. The Labute approximate surface area is 196 Å². The van der Waals surface area contributed by atoms with Crippen LogP contribution in [0, 0.1) is 13.8 Å². The van der Waals surface area contributed by atoms with Crippen molar-refractivity contribution in [2.45, 2.75) is 26.6 Å². The largest absolute Gasteiger partial charge is 0.493 e. The lowest BCUT2D eigenvalue weighted by Crippen LogP contribution is -2.26. The predicted octanol–water partition coefficient (Wildman–Crippen LogP) is 6.49. The molecule has 5 rings (SSSR count). The summed E-state index contributed by atoms with van der Waals surface area (Å²) in [5.74, 6) is 1.41. The van der Waals surface area contributed by atoms with Crippen molar-refractivity contribution in [2.75, 3.05) is 12.4 Å². The Morgan fingerprint density at radius 2 is 1.81 bits per heavy atom. The van der Waals surface area contributed by atoms with Crippen molar-refractivity contribution in [3.8, 4) is 22.8 Å². The standard InChI is InChI=1S/C26H24BrN3O2/c1-16-5-4-6-21-22-13-17(2)29-30(22)26(28-25(16)21)19-9-12-23(24(14-19)31-3)32-15-18-7-10-20(27)11-8-18/h4-14,26,28H,15H2,1-3H3. The Morgan fingerprint density at radius 3 is 2.59 bits per heavy atom. The van der Waals surface area contributed by atoms with E-state index in [4.69, 9.17) is 14.6 Å². The summed E-state index contributed by atoms with van der Waals surface area (Å²) in [4.78, 5) is 0. The third kappa shape index (κ3) is 3.75. The molecule has 1 aliphatic rings. The summed E-state index contributed by atoms with van der Waals surface area (Å²) >= 11 is 3.46. The van der Waals surface area contributed by atoms with E-state index in [-0.39, 0.29) is 6.17 Å². The van der Waals surface area contributed by atoms with Crippen molar-refractivity contribution in [2.24, 2.45) is 0 Å². The first kappa shape index (κ1) is 20.6. The average molecular weight is 490 g/mol. The number of hydrogen-bond donors (Lipinski definition) is 1. The number of hydrogen-bond acceptors (Lipinski definition) is 4. The Bertz CT molecular complexity index is 1280. The molecule has 5 nitrogen and oxygen atoms in total. The summed E-state index contributed by atoms with van der Waals surface area (Å²) in [6.07, 6.45) is -0.137. The van der Waals surface area contributed by atoms with Gasteiger partial charge >= 0.3 is 0 Å². The number of aromatic nitrogens is 2. The van der Waals surface area contributed by atoms with Gasteiger partial charge in [-0.1, -0.05) is 52.3 Å². The second-order valence-electron chi connectivity index (χ2n) is 7.99. The van der Waals surface area contributed by atoms with Crippen molar-refractivity contribution >= 4 is 21.6 Å². The van der Waals surface area contributed by atoms with Crippen molar-refractivity contribution in [1.29, 1.82) is 0 Å². The van der Waals surface area contributed by atoms with E-state index >= 15 is 0 Å². The monoisotopic (exact) mass is 489 g/mol. The van der Waals surface area contributed by atoms with Crippen LogP contribution in [0.4, 0.5) is 5.69 Å². The number of nitrogens with zero attached hydrogens (tertiary/aromatic N) is 2. The first-order valence-corrected chi connectivity index (χ1v) is 11.3. The lowest BCUT2D eigenvalue weighted by atomic mass is 10.0. The lowest BCUT2D eigenvalue weighted by molar-refractivity contribution is 0.284. The van der Waals surface area contributed by atoms with Crippen LogP contribution in [0.25, 0.3) is 11.3 Å². The third-order valence-electron chi connectivity index (χ3n) is 5.74. The van der Waals surface area contributed by atoms with Gasteiger partial charge in [0.25, 0.3) is 0 Å². The summed E-state index contributed by atoms with van der Waals surface area (Å²) in [5, 5.41) is 8.46. The van der Waals surface area contributed by atoms with Gasteiger partial charge in [0.15, 0.2) is 11.5 Å². The number of aryl methyl sites for hydroxylation is 2. The maximum absolute atomic E-state index is 6.06. The molecule has 162 valence electrons. The van der Waals surface area contributed by atoms with E-state index in [1.54, 1.807) is 7.11 Å². The Balaban J connectivity index is 1.47. The highest BCUT2D eigenvalue weighted by atomic mass is 79.9. The van der Waals surface area contributed by atoms with Crippen LogP contribution in [0.15, 0.2) is 71.2 Å². The van der Waals surface area contributed by atoms with Crippen LogP contribution in [0.2, 0.25) is 0 Å². The summed E-state index contributed by atoms with van der Waals surface area (Å²) in [6, 6.07) is 22.7. The van der Waals surface area contributed by atoms with Crippen LogP contribution >= 0.6 is 15.9 Å². The Hall–Kier alpha value is -3.25. The number of nitrogens with one attached hydrogen (secondary N) is 1. The van der Waals surface area contributed by atoms with Crippen molar-refractivity contribution in [3.05, 3.63) is 93.6 Å².